The van der Waals surface area contributed by atoms with Gasteiger partial charge in [-0.15, -0.1) is 0 Å². The van der Waals surface area contributed by atoms with Crippen LogP contribution in [0.15, 0.2) is 6.07 Å². The smallest absolute Gasteiger partial charge is 0.304 e. The van der Waals surface area contributed by atoms with Crippen LogP contribution < -0.4 is 5.32 Å². The Morgan fingerprint density at radius 1 is 1.50 bits per heavy atom. The van der Waals surface area contributed by atoms with Crippen molar-refractivity contribution >= 4 is 11.7 Å². The van der Waals surface area contributed by atoms with E-state index in [9.17, 15) is 13.6 Å². The van der Waals surface area contributed by atoms with Gasteiger partial charge >= 0.3 is 6.03 Å². The number of halogens is 2. The Balaban J connectivity index is 3.40. The van der Waals surface area contributed by atoms with Gasteiger partial charge in [0.05, 0.1) is 18.4 Å². The summed E-state index contributed by atoms with van der Waals surface area (Å²) in [4.78, 5) is 16.4. The lowest BCUT2D eigenvalue weighted by Gasteiger charge is -2.20. The molecular formula is C13H15F2N3O2. The summed E-state index contributed by atoms with van der Waals surface area (Å²) >= 11 is 0. The van der Waals surface area contributed by atoms with Crippen LogP contribution in [0.1, 0.15) is 30.9 Å². The molecule has 0 spiro atoms. The maximum atomic E-state index is 13.9. The summed E-state index contributed by atoms with van der Waals surface area (Å²) in [6, 6.07) is 1.80. The van der Waals surface area contributed by atoms with Gasteiger partial charge in [0.15, 0.2) is 11.6 Å². The Kier molecular flexibility index (Phi) is 5.00. The Morgan fingerprint density at radius 2 is 2.10 bits per heavy atom. The first-order valence-corrected chi connectivity index (χ1v) is 5.84. The summed E-state index contributed by atoms with van der Waals surface area (Å²) in [5.41, 5.74) is -0.250. The zero-order valence-corrected chi connectivity index (χ0v) is 11.6. The summed E-state index contributed by atoms with van der Waals surface area (Å²) in [6.45, 7) is 3.27. The molecule has 108 valence electrons. The molecule has 0 saturated carbocycles. The van der Waals surface area contributed by atoms with Crippen LogP contribution in [0.25, 0.3) is 0 Å². The third kappa shape index (κ3) is 3.03. The minimum Gasteiger partial charge on any atom is -0.304 e. The molecule has 0 unspecified atom stereocenters. The van der Waals surface area contributed by atoms with Gasteiger partial charge in [-0.1, -0.05) is 13.8 Å². The van der Waals surface area contributed by atoms with Crippen molar-refractivity contribution in [3.05, 3.63) is 28.8 Å². The maximum Gasteiger partial charge on any atom is 0.345 e. The largest absolute Gasteiger partial charge is 0.345 e. The van der Waals surface area contributed by atoms with Crippen LogP contribution in [-0.2, 0) is 4.84 Å². The van der Waals surface area contributed by atoms with E-state index in [0.29, 0.717) is 0 Å². The van der Waals surface area contributed by atoms with Crippen LogP contribution in [0, 0.1) is 23.0 Å². The number of nitrogens with one attached hydrogen (secondary N) is 1. The summed E-state index contributed by atoms with van der Waals surface area (Å²) in [7, 11) is 2.62. The van der Waals surface area contributed by atoms with Crippen LogP contribution in [0.3, 0.4) is 0 Å². The Hall–Kier alpha value is -2.20. The van der Waals surface area contributed by atoms with Gasteiger partial charge in [-0.05, 0) is 12.0 Å². The van der Waals surface area contributed by atoms with Crippen molar-refractivity contribution < 1.29 is 18.4 Å². The number of amides is 2. The summed E-state index contributed by atoms with van der Waals surface area (Å²) in [5, 5.41) is 12.2. The molecule has 0 fully saturated rings. The van der Waals surface area contributed by atoms with E-state index in [2.05, 4.69) is 10.2 Å². The van der Waals surface area contributed by atoms with Gasteiger partial charge in [-0.3, -0.25) is 4.84 Å². The number of nitriles is 1. The third-order valence-corrected chi connectivity index (χ3v) is 2.75. The summed E-state index contributed by atoms with van der Waals surface area (Å²) < 4.78 is 27.3. The minimum absolute atomic E-state index is 0.0460. The monoisotopic (exact) mass is 283 g/mol. The average molecular weight is 283 g/mol. The third-order valence-electron chi connectivity index (χ3n) is 2.75. The molecule has 0 heterocycles. The number of anilines is 1. The molecule has 1 rings (SSSR count). The van der Waals surface area contributed by atoms with E-state index in [4.69, 9.17) is 5.26 Å². The standard InChI is InChI=1S/C13H15F2N3O2/c1-7(2)10-11(15)9(14)5-8(6-16)12(10)17-13(19)18(3)20-4/h5,7H,1-4H3,(H,17,19). The number of hydrogen-bond donors (Lipinski definition) is 1. The molecule has 0 aromatic heterocycles. The average Bonchev–Trinajstić information content (AvgIpc) is 2.41. The number of hydrogen-bond acceptors (Lipinski definition) is 3. The van der Waals surface area contributed by atoms with Crippen LogP contribution in [0.5, 0.6) is 0 Å². The quantitative estimate of drug-likeness (QED) is 0.867. The van der Waals surface area contributed by atoms with E-state index in [1.807, 2.05) is 0 Å². The Labute approximate surface area is 115 Å². The predicted octanol–water partition coefficient (Wildman–Crippen LogP) is 2.98. The summed E-state index contributed by atoms with van der Waals surface area (Å²) in [6.07, 6.45) is 0. The van der Waals surface area contributed by atoms with Gasteiger partial charge in [-0.25, -0.2) is 18.6 Å². The fourth-order valence-electron chi connectivity index (χ4n) is 1.68. The van der Waals surface area contributed by atoms with Crippen molar-refractivity contribution in [2.45, 2.75) is 19.8 Å². The molecule has 0 aliphatic heterocycles. The van der Waals surface area contributed by atoms with Crippen LogP contribution >= 0.6 is 0 Å². The van der Waals surface area contributed by atoms with E-state index in [1.165, 1.54) is 14.2 Å². The van der Waals surface area contributed by atoms with Gasteiger partial charge in [0.25, 0.3) is 0 Å². The molecule has 0 bridgehead atoms. The highest BCUT2D eigenvalue weighted by Gasteiger charge is 2.23. The SMILES string of the molecule is CON(C)C(=O)Nc1c(C#N)cc(F)c(F)c1C(C)C. The number of hydroxylamine groups is 2. The molecular weight excluding hydrogens is 268 g/mol. The van der Waals surface area contributed by atoms with Crippen molar-refractivity contribution in [1.82, 2.24) is 5.06 Å². The topological polar surface area (TPSA) is 65.4 Å². The molecule has 1 N–H and O–H groups in total. The zero-order chi connectivity index (χ0) is 15.4. The van der Waals surface area contributed by atoms with Crippen molar-refractivity contribution in [3.8, 4) is 6.07 Å². The van der Waals surface area contributed by atoms with Gasteiger partial charge in [0, 0.05) is 12.6 Å². The van der Waals surface area contributed by atoms with Gasteiger partial charge < -0.3 is 5.32 Å². The number of urea groups is 1. The summed E-state index contributed by atoms with van der Waals surface area (Å²) in [5.74, 6) is -2.61. The first-order valence-electron chi connectivity index (χ1n) is 5.84. The van der Waals surface area contributed by atoms with Crippen molar-refractivity contribution in [2.24, 2.45) is 0 Å². The van der Waals surface area contributed by atoms with Crippen molar-refractivity contribution in [1.29, 1.82) is 5.26 Å². The molecule has 5 nitrogen and oxygen atoms in total. The van der Waals surface area contributed by atoms with E-state index in [1.54, 1.807) is 19.9 Å². The molecule has 0 atom stereocenters. The van der Waals surface area contributed by atoms with Crippen LogP contribution in [0.2, 0.25) is 0 Å². The normalized spacial score (nSPS) is 10.3. The zero-order valence-electron chi connectivity index (χ0n) is 11.6. The second-order valence-electron chi connectivity index (χ2n) is 4.39. The number of carbonyl (C=O) groups is 1. The van der Waals surface area contributed by atoms with Crippen LogP contribution in [0.4, 0.5) is 19.3 Å². The Bertz CT molecular complexity index is 568. The minimum atomic E-state index is -1.12. The fourth-order valence-corrected chi connectivity index (χ4v) is 1.68. The lowest BCUT2D eigenvalue weighted by molar-refractivity contribution is -0.0598. The first kappa shape index (κ1) is 15.9. The number of benzene rings is 1. The fraction of sp³-hybridized carbons (Fsp3) is 0.385. The van der Waals surface area contributed by atoms with Gasteiger partial charge in [0.1, 0.15) is 6.07 Å². The molecule has 0 aliphatic rings. The predicted molar refractivity (Wildman–Crippen MR) is 69.0 cm³/mol. The van der Waals surface area contributed by atoms with Crippen molar-refractivity contribution in [3.63, 3.8) is 0 Å². The molecule has 20 heavy (non-hydrogen) atoms. The van der Waals surface area contributed by atoms with E-state index >= 15 is 0 Å². The highest BCUT2D eigenvalue weighted by Crippen LogP contribution is 2.32. The first-order chi connectivity index (χ1) is 9.33. The molecule has 7 heteroatoms. The second-order valence-corrected chi connectivity index (χ2v) is 4.39. The highest BCUT2D eigenvalue weighted by molar-refractivity contribution is 5.91. The lowest BCUT2D eigenvalue weighted by Crippen LogP contribution is -2.31. The number of rotatable bonds is 3. The lowest BCUT2D eigenvalue weighted by atomic mass is 9.97. The molecule has 0 radical (unpaired) electrons. The molecule has 2 amide bonds. The maximum absolute atomic E-state index is 13.9. The molecule has 0 aliphatic carbocycles. The molecule has 0 saturated heterocycles. The molecule has 1 aromatic carbocycles. The Morgan fingerprint density at radius 3 is 2.55 bits per heavy atom. The van der Waals surface area contributed by atoms with Gasteiger partial charge in [-0.2, -0.15) is 5.26 Å². The van der Waals surface area contributed by atoms with Crippen molar-refractivity contribution in [2.75, 3.05) is 19.5 Å². The number of carbonyl (C=O) groups excluding carboxylic acids is 1. The van der Waals surface area contributed by atoms with E-state index in [0.717, 1.165) is 11.1 Å². The molecule has 1 aromatic rings. The van der Waals surface area contributed by atoms with Crippen LogP contribution in [-0.4, -0.2) is 25.3 Å². The highest BCUT2D eigenvalue weighted by atomic mass is 19.2. The van der Waals surface area contributed by atoms with E-state index < -0.39 is 23.6 Å². The number of nitrogens with zero attached hydrogens (tertiary/aromatic N) is 2. The van der Waals surface area contributed by atoms with Gasteiger partial charge in [0.2, 0.25) is 0 Å². The van der Waals surface area contributed by atoms with E-state index in [-0.39, 0.29) is 16.8 Å². The second kappa shape index (κ2) is 6.30.